The Balaban J connectivity index is 2.41. The Bertz CT molecular complexity index is 772. The highest BCUT2D eigenvalue weighted by Crippen LogP contribution is 2.30. The van der Waals surface area contributed by atoms with Crippen molar-refractivity contribution in [3.05, 3.63) is 52.6 Å². The van der Waals surface area contributed by atoms with Crippen molar-refractivity contribution < 1.29 is 27.5 Å². The van der Waals surface area contributed by atoms with Gasteiger partial charge in [0.25, 0.3) is 0 Å². The molecule has 22 heavy (non-hydrogen) atoms. The summed E-state index contributed by atoms with van der Waals surface area (Å²) in [5.74, 6) is -0.637. The van der Waals surface area contributed by atoms with Crippen LogP contribution in [-0.4, -0.2) is 20.9 Å². The van der Waals surface area contributed by atoms with Crippen LogP contribution in [0.2, 0.25) is 0 Å². The molecule has 1 heterocycles. The van der Waals surface area contributed by atoms with Crippen molar-refractivity contribution in [1.82, 2.24) is 9.78 Å². The molecule has 0 amide bonds. The molecule has 0 saturated carbocycles. The number of benzene rings is 1. The van der Waals surface area contributed by atoms with E-state index < -0.39 is 34.8 Å². The van der Waals surface area contributed by atoms with Gasteiger partial charge in [-0.05, 0) is 6.07 Å². The summed E-state index contributed by atoms with van der Waals surface area (Å²) < 4.78 is 52.9. The standard InChI is InChI=1S/C14H8F4N2O2/c1-2-8-6-20(19-12(8)14(16,17)18)7-9-4-3-5-10(11(9)15)13(21)22/h1,3-6H,7H2,(H,21,22). The Hall–Kier alpha value is -2.82. The largest absolute Gasteiger partial charge is 0.478 e. The summed E-state index contributed by atoms with van der Waals surface area (Å²) >= 11 is 0. The molecule has 114 valence electrons. The number of carbonyl (C=O) groups is 1. The zero-order chi connectivity index (χ0) is 16.5. The zero-order valence-corrected chi connectivity index (χ0v) is 10.9. The summed E-state index contributed by atoms with van der Waals surface area (Å²) in [5.41, 5.74) is -2.40. The third-order valence-corrected chi connectivity index (χ3v) is 2.83. The number of halogens is 4. The minimum absolute atomic E-state index is 0.111. The number of hydrogen-bond donors (Lipinski definition) is 1. The molecule has 0 spiro atoms. The van der Waals surface area contributed by atoms with E-state index >= 15 is 0 Å². The monoisotopic (exact) mass is 312 g/mol. The molecule has 0 saturated heterocycles. The Kier molecular flexibility index (Phi) is 3.91. The normalized spacial score (nSPS) is 11.2. The first-order valence-electron chi connectivity index (χ1n) is 5.86. The molecule has 4 nitrogen and oxygen atoms in total. The van der Waals surface area contributed by atoms with Crippen LogP contribution in [-0.2, 0) is 12.7 Å². The second-order valence-corrected chi connectivity index (χ2v) is 4.31. The second-order valence-electron chi connectivity index (χ2n) is 4.31. The molecule has 8 heteroatoms. The van der Waals surface area contributed by atoms with Gasteiger partial charge in [0.1, 0.15) is 5.82 Å². The minimum atomic E-state index is -4.73. The molecule has 0 aliphatic heterocycles. The van der Waals surface area contributed by atoms with Crippen molar-refractivity contribution in [3.63, 3.8) is 0 Å². The van der Waals surface area contributed by atoms with E-state index in [1.165, 1.54) is 12.1 Å². The molecule has 2 aromatic rings. The van der Waals surface area contributed by atoms with Crippen LogP contribution in [0.3, 0.4) is 0 Å². The number of carboxylic acids is 1. The van der Waals surface area contributed by atoms with Gasteiger partial charge < -0.3 is 5.11 Å². The van der Waals surface area contributed by atoms with Crippen molar-refractivity contribution in [2.45, 2.75) is 12.7 Å². The van der Waals surface area contributed by atoms with Gasteiger partial charge in [-0.1, -0.05) is 18.1 Å². The summed E-state index contributed by atoms with van der Waals surface area (Å²) in [6.45, 7) is -0.377. The topological polar surface area (TPSA) is 55.1 Å². The fourth-order valence-electron chi connectivity index (χ4n) is 1.86. The summed E-state index contributed by atoms with van der Waals surface area (Å²) in [4.78, 5) is 10.8. The van der Waals surface area contributed by atoms with Gasteiger partial charge >= 0.3 is 12.1 Å². The Morgan fingerprint density at radius 3 is 2.59 bits per heavy atom. The molecule has 1 N–H and O–H groups in total. The van der Waals surface area contributed by atoms with E-state index in [9.17, 15) is 22.4 Å². The number of rotatable bonds is 3. The van der Waals surface area contributed by atoms with Gasteiger partial charge in [-0.3, -0.25) is 4.68 Å². The van der Waals surface area contributed by atoms with Gasteiger partial charge in [0, 0.05) is 11.8 Å². The minimum Gasteiger partial charge on any atom is -0.478 e. The molecular weight excluding hydrogens is 304 g/mol. The Morgan fingerprint density at radius 1 is 1.41 bits per heavy atom. The first kappa shape index (κ1) is 15.6. The third kappa shape index (κ3) is 2.93. The van der Waals surface area contributed by atoms with Crippen LogP contribution in [0.1, 0.15) is 27.2 Å². The molecule has 0 bridgehead atoms. The number of aromatic carboxylic acids is 1. The van der Waals surface area contributed by atoms with Crippen LogP contribution in [0.15, 0.2) is 24.4 Å². The summed E-state index contributed by atoms with van der Waals surface area (Å²) in [6.07, 6.45) is 1.22. The molecule has 1 aromatic heterocycles. The van der Waals surface area contributed by atoms with Gasteiger partial charge in [-0.2, -0.15) is 18.3 Å². The van der Waals surface area contributed by atoms with E-state index in [1.54, 1.807) is 0 Å². The lowest BCUT2D eigenvalue weighted by molar-refractivity contribution is -0.141. The average molecular weight is 312 g/mol. The summed E-state index contributed by atoms with van der Waals surface area (Å²) in [6, 6.07) is 3.60. The smallest absolute Gasteiger partial charge is 0.436 e. The molecule has 0 unspecified atom stereocenters. The predicted molar refractivity (Wildman–Crippen MR) is 67.6 cm³/mol. The number of aromatic nitrogens is 2. The lowest BCUT2D eigenvalue weighted by Gasteiger charge is -2.06. The van der Waals surface area contributed by atoms with Gasteiger partial charge in [-0.15, -0.1) is 6.42 Å². The maximum atomic E-state index is 13.9. The number of nitrogens with zero attached hydrogens (tertiary/aromatic N) is 2. The maximum Gasteiger partial charge on any atom is 0.436 e. The molecule has 0 fully saturated rings. The Labute approximate surface area is 122 Å². The van der Waals surface area contributed by atoms with Crippen LogP contribution in [0.5, 0.6) is 0 Å². The lowest BCUT2D eigenvalue weighted by Crippen LogP contribution is -2.11. The van der Waals surface area contributed by atoms with E-state index in [2.05, 4.69) is 5.10 Å². The molecule has 0 atom stereocenters. The van der Waals surface area contributed by atoms with Crippen LogP contribution >= 0.6 is 0 Å². The Morgan fingerprint density at radius 2 is 2.09 bits per heavy atom. The highest BCUT2D eigenvalue weighted by molar-refractivity contribution is 5.88. The quantitative estimate of drug-likeness (QED) is 0.700. The van der Waals surface area contributed by atoms with Gasteiger partial charge in [0.05, 0.1) is 17.7 Å². The third-order valence-electron chi connectivity index (χ3n) is 2.83. The molecule has 0 aliphatic carbocycles. The second kappa shape index (κ2) is 5.52. The highest BCUT2D eigenvalue weighted by atomic mass is 19.4. The van der Waals surface area contributed by atoms with Gasteiger partial charge in [0.2, 0.25) is 0 Å². The van der Waals surface area contributed by atoms with Crippen molar-refractivity contribution >= 4 is 5.97 Å². The molecule has 2 rings (SSSR count). The fourth-order valence-corrected chi connectivity index (χ4v) is 1.86. The van der Waals surface area contributed by atoms with Crippen molar-refractivity contribution in [1.29, 1.82) is 0 Å². The van der Waals surface area contributed by atoms with E-state index in [0.29, 0.717) is 0 Å². The van der Waals surface area contributed by atoms with Crippen LogP contribution < -0.4 is 0 Å². The van der Waals surface area contributed by atoms with Gasteiger partial charge in [-0.25, -0.2) is 9.18 Å². The van der Waals surface area contributed by atoms with Crippen LogP contribution in [0.25, 0.3) is 0 Å². The summed E-state index contributed by atoms with van der Waals surface area (Å²) in [5, 5.41) is 12.1. The van der Waals surface area contributed by atoms with Gasteiger partial charge in [0.15, 0.2) is 5.69 Å². The molecule has 0 radical (unpaired) electrons. The number of carboxylic acid groups (broad SMARTS) is 1. The van der Waals surface area contributed by atoms with Crippen molar-refractivity contribution in [2.24, 2.45) is 0 Å². The van der Waals surface area contributed by atoms with E-state index in [4.69, 9.17) is 11.5 Å². The first-order chi connectivity index (χ1) is 10.2. The summed E-state index contributed by atoms with van der Waals surface area (Å²) in [7, 11) is 0. The van der Waals surface area contributed by atoms with Crippen LogP contribution in [0.4, 0.5) is 17.6 Å². The predicted octanol–water partition coefficient (Wildman–Crippen LogP) is 2.77. The van der Waals surface area contributed by atoms with Crippen molar-refractivity contribution in [3.8, 4) is 12.3 Å². The number of terminal acetylenes is 1. The zero-order valence-electron chi connectivity index (χ0n) is 10.9. The highest BCUT2D eigenvalue weighted by Gasteiger charge is 2.37. The molecule has 1 aromatic carbocycles. The number of hydrogen-bond acceptors (Lipinski definition) is 2. The average Bonchev–Trinajstić information content (AvgIpc) is 2.84. The molecular formula is C14H8F4N2O2. The van der Waals surface area contributed by atoms with E-state index in [0.717, 1.165) is 16.9 Å². The molecule has 0 aliphatic rings. The van der Waals surface area contributed by atoms with E-state index in [1.807, 2.05) is 5.92 Å². The first-order valence-corrected chi connectivity index (χ1v) is 5.86. The maximum absolute atomic E-state index is 13.9. The SMILES string of the molecule is C#Cc1cn(Cc2cccc(C(=O)O)c2F)nc1C(F)(F)F. The lowest BCUT2D eigenvalue weighted by atomic mass is 10.1. The van der Waals surface area contributed by atoms with E-state index in [-0.39, 0.29) is 12.1 Å². The number of alkyl halides is 3. The van der Waals surface area contributed by atoms with Crippen molar-refractivity contribution in [2.75, 3.05) is 0 Å². The van der Waals surface area contributed by atoms with Crippen LogP contribution in [0, 0.1) is 18.2 Å². The fraction of sp³-hybridized carbons (Fsp3) is 0.143.